The minimum absolute atomic E-state index is 0.879. The Morgan fingerprint density at radius 2 is 0.377 bits per heavy atom. The molecule has 0 aliphatic carbocycles. The van der Waals surface area contributed by atoms with Gasteiger partial charge in [0.2, 0.25) is 0 Å². The first-order valence-corrected chi connectivity index (χ1v) is 47.9. The third kappa shape index (κ3) is 15.4. The maximum atomic E-state index is 6.32. The van der Waals surface area contributed by atoms with Crippen molar-refractivity contribution in [3.63, 3.8) is 0 Å². The highest BCUT2D eigenvalue weighted by atomic mass is 32.1. The van der Waals surface area contributed by atoms with Crippen LogP contribution in [0.15, 0.2) is 537 Å². The van der Waals surface area contributed by atoms with E-state index in [2.05, 4.69) is 518 Å². The van der Waals surface area contributed by atoms with Crippen molar-refractivity contribution < 1.29 is 8.83 Å². The molecule has 6 heteroatoms. The number of hydrogen-bond donors (Lipinski definition) is 0. The maximum absolute atomic E-state index is 6.32. The number of fused-ring (bicyclic) bond motifs is 18. The van der Waals surface area contributed by atoms with Crippen molar-refractivity contribution in [3.05, 3.63) is 528 Å². The Labute approximate surface area is 803 Å². The highest BCUT2D eigenvalue weighted by Crippen LogP contribution is 2.48. The largest absolute Gasteiger partial charge is 0.456 e. The molecular weight excluding hydrogens is 1690 g/mol. The van der Waals surface area contributed by atoms with Gasteiger partial charge in [-0.2, -0.15) is 0 Å². The summed E-state index contributed by atoms with van der Waals surface area (Å²) in [7, 11) is 0. The molecule has 0 radical (unpaired) electrons. The average molecular weight is 1780 g/mol. The van der Waals surface area contributed by atoms with Crippen LogP contribution in [0.3, 0.4) is 0 Å². The van der Waals surface area contributed by atoms with Crippen LogP contribution in [0.2, 0.25) is 0 Å². The SMILES string of the molecule is c1ccc(-c2ccc(N(c3ccc(-c4cc5ccccc5c5ccccc45)cc3)c3ccc4c(c3)oc3ccccc34)cc2)cc1.c1ccc(-c2ccc(N(c3ccc(-c4cc5ccccc5c5ccccc45)cc3)c3ccc4oc5ccccc5c4c3)cc2)cc1.c1ccc(-c2ccc(N(c3ccc(-c4cc5ccccc5c5ccccc45)cc3)c3ccc4sc5ccccc5c4c3)cc2)cc1. The monoisotopic (exact) mass is 1780 g/mol. The van der Waals surface area contributed by atoms with E-state index < -0.39 is 0 Å². The van der Waals surface area contributed by atoms with E-state index in [1.54, 1.807) is 0 Å². The molecule has 27 rings (SSSR count). The number of para-hydroxylation sites is 2. The molecule has 0 N–H and O–H groups in total. The normalized spacial score (nSPS) is 11.5. The Balaban J connectivity index is 0.000000110. The van der Waals surface area contributed by atoms with Crippen LogP contribution in [-0.4, -0.2) is 0 Å². The van der Waals surface area contributed by atoms with Gasteiger partial charge in [0.05, 0.1) is 0 Å². The lowest BCUT2D eigenvalue weighted by atomic mass is 9.93. The van der Waals surface area contributed by atoms with Crippen LogP contribution < -0.4 is 14.7 Å². The first kappa shape index (κ1) is 82.0. The molecule has 27 aromatic rings. The summed E-state index contributed by atoms with van der Waals surface area (Å²) in [6.45, 7) is 0. The molecule has 0 saturated carbocycles. The van der Waals surface area contributed by atoms with E-state index in [1.165, 1.54) is 152 Å². The van der Waals surface area contributed by atoms with Gasteiger partial charge < -0.3 is 23.5 Å². The standard InChI is InChI=1S/2C44H29NO.C44H29NS/c1-2-10-30(11-3-1)31-18-22-34(23-19-31)45(36-26-27-44-42(29-36)40-16-8-9-17-43(40)46-44)35-24-20-32(21-25-35)41-28-33-12-4-5-13-37(33)38-14-6-7-15-39(38)41;1-2-10-30(11-3-1)31-18-22-34(23-19-31)45(36-26-27-41-40-16-8-9-17-43(40)46-44(41)29-36)35-24-20-32(21-25-35)42-28-33-12-4-5-13-37(33)38-14-6-7-15-39(38)42;1-2-10-30(11-3-1)31-18-22-34(23-19-31)45(36-26-27-44-42(29-36)40-16-8-9-17-43(40)46-44)35-24-20-32(21-25-35)41-28-33-12-4-5-13-37(33)38-14-6-7-15-39(38)41/h3*1-29H. The Kier molecular flexibility index (Phi) is 21.1. The van der Waals surface area contributed by atoms with Gasteiger partial charge in [0.15, 0.2) is 0 Å². The molecule has 0 atom stereocenters. The second-order valence-electron chi connectivity index (χ2n) is 35.3. The number of benzene rings is 24. The molecule has 0 bridgehead atoms. The maximum Gasteiger partial charge on any atom is 0.137 e. The van der Waals surface area contributed by atoms with Gasteiger partial charge in [-0.1, -0.05) is 364 Å². The first-order chi connectivity index (χ1) is 68.4. The van der Waals surface area contributed by atoms with Gasteiger partial charge in [0, 0.05) is 99.0 Å². The summed E-state index contributed by atoms with van der Waals surface area (Å²) in [6, 6.07) is 189. The van der Waals surface area contributed by atoms with E-state index in [-0.39, 0.29) is 0 Å². The Morgan fingerprint density at radius 3 is 0.768 bits per heavy atom. The van der Waals surface area contributed by atoms with Crippen molar-refractivity contribution in [2.24, 2.45) is 0 Å². The lowest BCUT2D eigenvalue weighted by Crippen LogP contribution is -2.09. The molecule has 648 valence electrons. The van der Waals surface area contributed by atoms with Crippen molar-refractivity contribution in [2.75, 3.05) is 14.7 Å². The minimum Gasteiger partial charge on any atom is -0.456 e. The van der Waals surface area contributed by atoms with Gasteiger partial charge in [0.25, 0.3) is 0 Å². The second-order valence-corrected chi connectivity index (χ2v) is 36.4. The van der Waals surface area contributed by atoms with Crippen LogP contribution in [0.4, 0.5) is 51.2 Å². The topological polar surface area (TPSA) is 36.0 Å². The number of furan rings is 2. The number of hydrogen-bond acceptors (Lipinski definition) is 6. The van der Waals surface area contributed by atoms with Crippen molar-refractivity contribution in [1.82, 2.24) is 0 Å². The highest BCUT2D eigenvalue weighted by Gasteiger charge is 2.23. The Bertz CT molecular complexity index is 8870. The van der Waals surface area contributed by atoms with E-state index in [1.807, 2.05) is 35.6 Å². The number of nitrogens with zero attached hydrogens (tertiary/aromatic N) is 3. The molecule has 3 aromatic heterocycles. The predicted octanol–water partition coefficient (Wildman–Crippen LogP) is 38.6. The van der Waals surface area contributed by atoms with Crippen molar-refractivity contribution in [3.8, 4) is 66.8 Å². The summed E-state index contributed by atoms with van der Waals surface area (Å²) in [5.74, 6) is 0. The average Bonchev–Trinajstić information content (AvgIpc) is 0.977. The molecular formula is C132H87N3O2S. The third-order valence-corrected chi connectivity index (χ3v) is 28.3. The zero-order valence-corrected chi connectivity index (χ0v) is 76.1. The lowest BCUT2D eigenvalue weighted by Gasteiger charge is -2.26. The van der Waals surface area contributed by atoms with Gasteiger partial charge >= 0.3 is 0 Å². The molecule has 0 saturated heterocycles. The molecule has 0 amide bonds. The molecule has 0 aliphatic heterocycles. The molecule has 5 nitrogen and oxygen atoms in total. The summed E-state index contributed by atoms with van der Waals surface area (Å²) < 4.78 is 15.1. The summed E-state index contributed by atoms with van der Waals surface area (Å²) in [5.41, 5.74) is 28.0. The van der Waals surface area contributed by atoms with E-state index in [0.29, 0.717) is 0 Å². The van der Waals surface area contributed by atoms with Crippen LogP contribution in [0.5, 0.6) is 0 Å². The van der Waals surface area contributed by atoms with E-state index >= 15 is 0 Å². The molecule has 0 spiro atoms. The zero-order valence-electron chi connectivity index (χ0n) is 75.3. The van der Waals surface area contributed by atoms with Crippen LogP contribution in [0.1, 0.15) is 0 Å². The number of anilines is 9. The van der Waals surface area contributed by atoms with Gasteiger partial charge in [-0.3, -0.25) is 0 Å². The van der Waals surface area contributed by atoms with Crippen molar-refractivity contribution in [1.29, 1.82) is 0 Å². The Morgan fingerprint density at radius 1 is 0.130 bits per heavy atom. The zero-order chi connectivity index (χ0) is 91.4. The smallest absolute Gasteiger partial charge is 0.137 e. The van der Waals surface area contributed by atoms with Gasteiger partial charge in [-0.05, 0) is 289 Å². The minimum atomic E-state index is 0.879. The molecule has 24 aromatic carbocycles. The van der Waals surface area contributed by atoms with Crippen molar-refractivity contribution >= 4 is 191 Å². The summed E-state index contributed by atoms with van der Waals surface area (Å²) >= 11 is 1.86. The third-order valence-electron chi connectivity index (χ3n) is 27.2. The molecule has 0 fully saturated rings. The summed E-state index contributed by atoms with van der Waals surface area (Å²) in [4.78, 5) is 7.02. The highest BCUT2D eigenvalue weighted by molar-refractivity contribution is 7.25. The first-order valence-electron chi connectivity index (χ1n) is 47.0. The van der Waals surface area contributed by atoms with E-state index in [4.69, 9.17) is 8.83 Å². The van der Waals surface area contributed by atoms with Crippen LogP contribution in [0, 0.1) is 0 Å². The fraction of sp³-hybridized carbons (Fsp3) is 0. The summed E-state index contributed by atoms with van der Waals surface area (Å²) in [5, 5.41) is 22.4. The van der Waals surface area contributed by atoms with Crippen LogP contribution in [-0.2, 0) is 0 Å². The number of thiophene rings is 1. The van der Waals surface area contributed by atoms with Crippen molar-refractivity contribution in [2.45, 2.75) is 0 Å². The molecule has 138 heavy (non-hydrogen) atoms. The second kappa shape index (κ2) is 35.5. The van der Waals surface area contributed by atoms with E-state index in [0.717, 1.165) is 95.1 Å². The quantitative estimate of drug-likeness (QED) is 0.0956. The fourth-order valence-electron chi connectivity index (χ4n) is 20.5. The molecule has 3 heterocycles. The number of rotatable bonds is 15. The fourth-order valence-corrected chi connectivity index (χ4v) is 21.5. The molecule has 0 unspecified atom stereocenters. The van der Waals surface area contributed by atoms with Crippen LogP contribution >= 0.6 is 11.3 Å². The Hall–Kier alpha value is -17.9. The van der Waals surface area contributed by atoms with Gasteiger partial charge in [-0.15, -0.1) is 11.3 Å². The van der Waals surface area contributed by atoms with Gasteiger partial charge in [-0.25, -0.2) is 0 Å². The summed E-state index contributed by atoms with van der Waals surface area (Å²) in [6.07, 6.45) is 0. The van der Waals surface area contributed by atoms with Gasteiger partial charge in [0.1, 0.15) is 22.3 Å². The molecule has 0 aliphatic rings. The van der Waals surface area contributed by atoms with E-state index in [9.17, 15) is 0 Å². The van der Waals surface area contributed by atoms with Crippen LogP contribution in [0.25, 0.3) is 195 Å². The lowest BCUT2D eigenvalue weighted by molar-refractivity contribution is 0.668. The predicted molar refractivity (Wildman–Crippen MR) is 588 cm³/mol.